The van der Waals surface area contributed by atoms with Crippen LogP contribution in [-0.2, 0) is 22.5 Å². The molecule has 0 fully saturated rings. The Balaban J connectivity index is 1.81. The fourth-order valence-electron chi connectivity index (χ4n) is 6.07. The number of rotatable bonds is 14. The van der Waals surface area contributed by atoms with Gasteiger partial charge in [0.05, 0.1) is 42.7 Å². The molecule has 2 N–H and O–H groups in total. The van der Waals surface area contributed by atoms with Crippen molar-refractivity contribution in [1.82, 2.24) is 15.4 Å². The van der Waals surface area contributed by atoms with Gasteiger partial charge in [0.2, 0.25) is 0 Å². The van der Waals surface area contributed by atoms with Gasteiger partial charge in [-0.2, -0.15) is 0 Å². The fraction of sp³-hybridized carbons (Fsp3) is 0.359. The van der Waals surface area contributed by atoms with Gasteiger partial charge in [-0.3, -0.25) is 15.0 Å². The quantitative estimate of drug-likeness (QED) is 0.0820. The van der Waals surface area contributed by atoms with E-state index in [-0.39, 0.29) is 23.3 Å². The lowest BCUT2D eigenvalue weighted by Gasteiger charge is -2.23. The van der Waals surface area contributed by atoms with Gasteiger partial charge in [-0.15, -0.1) is 0 Å². The Kier molecular flexibility index (Phi) is 11.4. The molecule has 1 amide bonds. The monoisotopic (exact) mass is 731 g/mol. The Morgan fingerprint density at radius 3 is 1.94 bits per heavy atom. The lowest BCUT2D eigenvalue weighted by molar-refractivity contribution is -0.157. The van der Waals surface area contributed by atoms with E-state index in [1.807, 2.05) is 12.1 Å². The third kappa shape index (κ3) is 7.82. The van der Waals surface area contributed by atoms with Gasteiger partial charge in [-0.25, -0.2) is 10.2 Å². The zero-order chi connectivity index (χ0) is 38.6. The van der Waals surface area contributed by atoms with Crippen molar-refractivity contribution in [2.75, 3.05) is 42.7 Å². The first-order chi connectivity index (χ1) is 25.3. The molecule has 0 aliphatic heterocycles. The van der Waals surface area contributed by atoms with E-state index in [1.54, 1.807) is 82.9 Å². The fourth-order valence-corrected chi connectivity index (χ4v) is 6.07. The first-order valence-electron chi connectivity index (χ1n) is 16.8. The van der Waals surface area contributed by atoms with Gasteiger partial charge >= 0.3 is 11.6 Å². The Labute approximate surface area is 306 Å². The molecule has 0 bridgehead atoms. The number of hydrogen-bond donors (Lipinski definition) is 2. The first-order valence-corrected chi connectivity index (χ1v) is 16.8. The summed E-state index contributed by atoms with van der Waals surface area (Å²) in [5.41, 5.74) is 6.24. The summed E-state index contributed by atoms with van der Waals surface area (Å²) in [5.74, 6) is 1.46. The van der Waals surface area contributed by atoms with Gasteiger partial charge < -0.3 is 42.1 Å². The molecule has 5 aromatic rings. The molecule has 282 valence electrons. The number of benzene rings is 3. The second kappa shape index (κ2) is 15.8. The lowest BCUT2D eigenvalue weighted by Crippen LogP contribution is -2.49. The van der Waals surface area contributed by atoms with Crippen LogP contribution in [0.2, 0.25) is 0 Å². The predicted octanol–water partition coefficient (Wildman–Crippen LogP) is 5.67. The van der Waals surface area contributed by atoms with E-state index < -0.39 is 29.1 Å². The molecule has 0 saturated carbocycles. The maximum atomic E-state index is 14.6. The van der Waals surface area contributed by atoms with Gasteiger partial charge in [0.25, 0.3) is 5.91 Å². The molecular weight excluding hydrogens is 686 g/mol. The van der Waals surface area contributed by atoms with Crippen LogP contribution >= 0.6 is 0 Å². The molecule has 14 nitrogen and oxygen atoms in total. The maximum Gasteiger partial charge on any atom is 0.361 e. The Bertz CT molecular complexity index is 2220. The normalized spacial score (nSPS) is 12.0. The Hall–Kier alpha value is -5.89. The number of aromatic nitrogens is 1. The molecule has 0 aliphatic rings. The van der Waals surface area contributed by atoms with Crippen molar-refractivity contribution in [3.63, 3.8) is 0 Å². The lowest BCUT2D eigenvalue weighted by atomic mass is 9.98. The molecule has 3 aromatic carbocycles. The zero-order valence-electron chi connectivity index (χ0n) is 31.5. The number of carbonyl (C=O) groups is 2. The molecule has 2 aromatic heterocycles. The summed E-state index contributed by atoms with van der Waals surface area (Å²) in [4.78, 5) is 41.5. The summed E-state index contributed by atoms with van der Waals surface area (Å²) in [5, 5.41) is 0.901. The average molecular weight is 732 g/mol. The van der Waals surface area contributed by atoms with E-state index in [2.05, 4.69) is 10.9 Å². The number of carbonyl (C=O) groups excluding carboxylic acids is 2. The second-order valence-corrected chi connectivity index (χ2v) is 13.1. The van der Waals surface area contributed by atoms with E-state index in [0.717, 1.165) is 5.56 Å². The Morgan fingerprint density at radius 2 is 1.34 bits per heavy atom. The molecule has 0 unspecified atom stereocenters. The average Bonchev–Trinajstić information content (AvgIpc) is 3.50. The number of hydrazine groups is 1. The highest BCUT2D eigenvalue weighted by Gasteiger charge is 2.31. The third-order valence-corrected chi connectivity index (χ3v) is 8.54. The minimum absolute atomic E-state index is 0.103. The minimum Gasteiger partial charge on any atom is -0.493 e. The van der Waals surface area contributed by atoms with E-state index in [9.17, 15) is 14.4 Å². The number of methoxy groups -OCH3 is 6. The second-order valence-electron chi connectivity index (χ2n) is 13.1. The van der Waals surface area contributed by atoms with Gasteiger partial charge in [0.15, 0.2) is 34.5 Å². The molecule has 14 heteroatoms. The number of ether oxygens (including phenoxy) is 7. The van der Waals surface area contributed by atoms with Crippen LogP contribution in [0.1, 0.15) is 43.7 Å². The molecular formula is C39H45N3O11. The van der Waals surface area contributed by atoms with Crippen LogP contribution in [0.5, 0.6) is 34.5 Å². The van der Waals surface area contributed by atoms with E-state index >= 15 is 0 Å². The van der Waals surface area contributed by atoms with Crippen LogP contribution in [0, 0.1) is 0 Å². The maximum absolute atomic E-state index is 14.6. The highest BCUT2D eigenvalue weighted by molar-refractivity contribution is 6.18. The van der Waals surface area contributed by atoms with Crippen molar-refractivity contribution in [3.8, 4) is 45.6 Å². The van der Waals surface area contributed by atoms with Crippen molar-refractivity contribution in [3.05, 3.63) is 70.2 Å². The number of aryl methyl sites for hydroxylation is 2. The summed E-state index contributed by atoms with van der Waals surface area (Å²) in [6, 6.07) is 13.0. The van der Waals surface area contributed by atoms with Crippen molar-refractivity contribution in [1.29, 1.82) is 0 Å². The van der Waals surface area contributed by atoms with E-state index in [0.29, 0.717) is 62.8 Å². The van der Waals surface area contributed by atoms with Crippen LogP contribution in [0.15, 0.2) is 57.7 Å². The van der Waals surface area contributed by atoms with Crippen molar-refractivity contribution >= 4 is 33.7 Å². The van der Waals surface area contributed by atoms with Crippen LogP contribution in [0.4, 0.5) is 0 Å². The summed E-state index contributed by atoms with van der Waals surface area (Å²) >= 11 is 0. The molecule has 2 heterocycles. The predicted molar refractivity (Wildman–Crippen MR) is 199 cm³/mol. The number of esters is 1. The third-order valence-electron chi connectivity index (χ3n) is 8.54. The number of fused-ring (bicyclic) bond motifs is 3. The van der Waals surface area contributed by atoms with Crippen molar-refractivity contribution in [2.24, 2.45) is 0 Å². The van der Waals surface area contributed by atoms with Crippen LogP contribution in [-0.4, -0.2) is 70.7 Å². The number of nitrogens with zero attached hydrogens (tertiary/aromatic N) is 1. The summed E-state index contributed by atoms with van der Waals surface area (Å²) in [6.07, 6.45) is 0.362. The minimum atomic E-state index is -0.921. The van der Waals surface area contributed by atoms with Gasteiger partial charge in [-0.1, -0.05) is 12.1 Å². The SMILES string of the molecule is COc1ccc(CCn2c(C(=O)NN[C@@H](C)C(=O)OC(C)(C)C)c(-c3ccc(OC)c(OC)c3)c3c4cc(OC)c(OC)cc4oc(=O)c32)cc1OC. The standard InChI is InChI=1S/C39H45N3O11/c1-21(37(44)53-39(2,3)4)40-41-36(43)34-32(23-12-14-26(47-6)29(18-23)49-8)33-24-19-30(50-9)31(51-10)20-27(24)52-38(45)35(33)42(34)16-15-22-11-13-25(46-5)28(17-22)48-7/h11-14,17-21,40H,15-16H2,1-10H3,(H,41,43)/t21-/m0/s1. The molecule has 0 spiro atoms. The van der Waals surface area contributed by atoms with Gasteiger partial charge in [-0.05, 0) is 75.6 Å². The molecule has 0 radical (unpaired) electrons. The number of nitrogens with one attached hydrogen (secondary N) is 2. The number of amides is 1. The summed E-state index contributed by atoms with van der Waals surface area (Å²) in [6.45, 7) is 6.97. The molecule has 0 saturated heterocycles. The highest BCUT2D eigenvalue weighted by Crippen LogP contribution is 2.43. The number of hydrogen-bond acceptors (Lipinski definition) is 12. The topological polar surface area (TPSA) is 158 Å². The first kappa shape index (κ1) is 38.3. The largest absolute Gasteiger partial charge is 0.493 e. The molecule has 1 atom stereocenters. The van der Waals surface area contributed by atoms with Gasteiger partial charge in [0, 0.05) is 28.9 Å². The molecule has 5 rings (SSSR count). The van der Waals surface area contributed by atoms with Gasteiger partial charge in [0.1, 0.15) is 28.4 Å². The highest BCUT2D eigenvalue weighted by atomic mass is 16.6. The van der Waals surface area contributed by atoms with E-state index in [4.69, 9.17) is 37.6 Å². The summed E-state index contributed by atoms with van der Waals surface area (Å²) in [7, 11) is 9.10. The smallest absolute Gasteiger partial charge is 0.361 e. The molecule has 53 heavy (non-hydrogen) atoms. The Morgan fingerprint density at radius 1 is 0.774 bits per heavy atom. The molecule has 0 aliphatic carbocycles. The van der Waals surface area contributed by atoms with E-state index in [1.165, 1.54) is 28.4 Å². The van der Waals surface area contributed by atoms with Crippen LogP contribution in [0.25, 0.3) is 33.0 Å². The van der Waals surface area contributed by atoms with Crippen molar-refractivity contribution < 1.29 is 47.2 Å². The van der Waals surface area contributed by atoms with Crippen LogP contribution in [0.3, 0.4) is 0 Å². The van der Waals surface area contributed by atoms with Crippen molar-refractivity contribution in [2.45, 2.75) is 52.3 Å². The zero-order valence-corrected chi connectivity index (χ0v) is 31.5. The summed E-state index contributed by atoms with van der Waals surface area (Å²) < 4.78 is 46.3. The van der Waals surface area contributed by atoms with Crippen LogP contribution < -0.4 is 44.9 Å².